The van der Waals surface area contributed by atoms with E-state index in [0.717, 1.165) is 6.07 Å². The largest absolute Gasteiger partial charge is 0.471 e. The van der Waals surface area contributed by atoms with E-state index in [1.807, 2.05) is 6.07 Å². The lowest BCUT2D eigenvalue weighted by Gasteiger charge is -2.37. The molecule has 1 aliphatic rings. The number of benzene rings is 1. The van der Waals surface area contributed by atoms with E-state index in [1.165, 1.54) is 40.8 Å². The number of pyridine rings is 1. The van der Waals surface area contributed by atoms with E-state index in [-0.39, 0.29) is 29.6 Å². The van der Waals surface area contributed by atoms with Gasteiger partial charge in [0.1, 0.15) is 6.10 Å². The minimum atomic E-state index is -3.82. The number of nitrogens with zero attached hydrogens (tertiary/aromatic N) is 4. The lowest BCUT2D eigenvalue weighted by atomic mass is 10.2. The SMILES string of the molecule is N#Cc1ccnc(OC2CN(S(=O)(=O)c3cccc([N+](=O)[O-])c3)C2)c1. The van der Waals surface area contributed by atoms with Gasteiger partial charge in [-0.05, 0) is 12.1 Å². The lowest BCUT2D eigenvalue weighted by molar-refractivity contribution is -0.385. The van der Waals surface area contributed by atoms with Crippen LogP contribution in [0.1, 0.15) is 5.56 Å². The Morgan fingerprint density at radius 1 is 1.32 bits per heavy atom. The first-order chi connectivity index (χ1) is 11.9. The van der Waals surface area contributed by atoms with Gasteiger partial charge in [-0.15, -0.1) is 0 Å². The highest BCUT2D eigenvalue weighted by Gasteiger charge is 2.38. The van der Waals surface area contributed by atoms with Gasteiger partial charge in [0.25, 0.3) is 5.69 Å². The number of hydrogen-bond acceptors (Lipinski definition) is 7. The Hall–Kier alpha value is -3.03. The molecule has 0 saturated carbocycles. The van der Waals surface area contributed by atoms with Crippen LogP contribution in [0, 0.1) is 21.4 Å². The molecule has 2 aromatic rings. The Kier molecular flexibility index (Phi) is 4.35. The molecule has 0 atom stereocenters. The van der Waals surface area contributed by atoms with Gasteiger partial charge in [0, 0.05) is 24.4 Å². The van der Waals surface area contributed by atoms with Crippen molar-refractivity contribution in [1.82, 2.24) is 9.29 Å². The molecule has 0 amide bonds. The maximum Gasteiger partial charge on any atom is 0.270 e. The number of sulfonamides is 1. The Morgan fingerprint density at radius 2 is 2.08 bits per heavy atom. The van der Waals surface area contributed by atoms with Gasteiger partial charge in [0.05, 0.1) is 34.5 Å². The summed E-state index contributed by atoms with van der Waals surface area (Å²) in [6.07, 6.45) is 1.04. The third kappa shape index (κ3) is 3.42. The van der Waals surface area contributed by atoms with Crippen LogP contribution in [0.5, 0.6) is 5.88 Å². The maximum atomic E-state index is 12.5. The summed E-state index contributed by atoms with van der Waals surface area (Å²) in [5, 5.41) is 19.6. The topological polar surface area (TPSA) is 126 Å². The molecule has 1 aromatic carbocycles. The van der Waals surface area contributed by atoms with E-state index in [2.05, 4.69) is 4.98 Å². The van der Waals surface area contributed by atoms with Crippen LogP contribution in [0.15, 0.2) is 47.5 Å². The summed E-state index contributed by atoms with van der Waals surface area (Å²) in [4.78, 5) is 14.0. The van der Waals surface area contributed by atoms with Crippen LogP contribution in [0.3, 0.4) is 0 Å². The monoisotopic (exact) mass is 360 g/mol. The summed E-state index contributed by atoms with van der Waals surface area (Å²) >= 11 is 0. The first-order valence-electron chi connectivity index (χ1n) is 7.17. The molecule has 0 unspecified atom stereocenters. The van der Waals surface area contributed by atoms with Crippen LogP contribution < -0.4 is 4.74 Å². The summed E-state index contributed by atoms with van der Waals surface area (Å²) in [6.45, 7) is 0.201. The van der Waals surface area contributed by atoms with Gasteiger partial charge in [-0.1, -0.05) is 6.07 Å². The molecular weight excluding hydrogens is 348 g/mol. The number of nitriles is 1. The van der Waals surface area contributed by atoms with Crippen LogP contribution >= 0.6 is 0 Å². The summed E-state index contributed by atoms with van der Waals surface area (Å²) in [5.41, 5.74) is 0.109. The van der Waals surface area contributed by atoms with E-state index in [4.69, 9.17) is 10.00 Å². The molecule has 9 nitrogen and oxygen atoms in total. The van der Waals surface area contributed by atoms with Crippen molar-refractivity contribution in [1.29, 1.82) is 5.26 Å². The Labute approximate surface area is 143 Å². The van der Waals surface area contributed by atoms with Gasteiger partial charge in [0.15, 0.2) is 0 Å². The van der Waals surface area contributed by atoms with Gasteiger partial charge in [-0.25, -0.2) is 13.4 Å². The maximum absolute atomic E-state index is 12.5. The van der Waals surface area contributed by atoms with Crippen LogP contribution in [0.25, 0.3) is 0 Å². The van der Waals surface area contributed by atoms with Crippen molar-refractivity contribution >= 4 is 15.7 Å². The van der Waals surface area contributed by atoms with E-state index in [9.17, 15) is 18.5 Å². The molecule has 3 rings (SSSR count). The molecule has 0 spiro atoms. The molecule has 1 aromatic heterocycles. The number of nitro benzene ring substituents is 1. The Bertz CT molecular complexity index is 964. The van der Waals surface area contributed by atoms with Crippen LogP contribution in [0.2, 0.25) is 0 Å². The fourth-order valence-electron chi connectivity index (χ4n) is 2.29. The first-order valence-corrected chi connectivity index (χ1v) is 8.61. The zero-order chi connectivity index (χ0) is 18.0. The molecule has 0 radical (unpaired) electrons. The summed E-state index contributed by atoms with van der Waals surface area (Å²) in [7, 11) is -3.82. The standard InChI is InChI=1S/C15H12N4O5S/c16-8-11-4-5-17-15(6-11)24-13-9-18(10-13)25(22,23)14-3-1-2-12(7-14)19(20)21/h1-7,13H,9-10H2. The van der Waals surface area contributed by atoms with Crippen molar-refractivity contribution in [3.63, 3.8) is 0 Å². The predicted octanol–water partition coefficient (Wildman–Crippen LogP) is 1.31. The van der Waals surface area contributed by atoms with Crippen molar-refractivity contribution in [3.05, 3.63) is 58.3 Å². The molecular formula is C15H12N4O5S. The third-order valence-electron chi connectivity index (χ3n) is 3.63. The third-order valence-corrected chi connectivity index (χ3v) is 5.46. The highest BCUT2D eigenvalue weighted by Crippen LogP contribution is 2.26. The molecule has 128 valence electrons. The molecule has 1 saturated heterocycles. The van der Waals surface area contributed by atoms with Crippen molar-refractivity contribution < 1.29 is 18.1 Å². The first kappa shape index (κ1) is 16.8. The Balaban J connectivity index is 1.68. The average molecular weight is 360 g/mol. The highest BCUT2D eigenvalue weighted by atomic mass is 32.2. The number of hydrogen-bond donors (Lipinski definition) is 0. The molecule has 10 heteroatoms. The van der Waals surface area contributed by atoms with Gasteiger partial charge in [0.2, 0.25) is 15.9 Å². The zero-order valence-corrected chi connectivity index (χ0v) is 13.6. The average Bonchev–Trinajstić information content (AvgIpc) is 2.57. The highest BCUT2D eigenvalue weighted by molar-refractivity contribution is 7.89. The second-order valence-electron chi connectivity index (χ2n) is 5.31. The van der Waals surface area contributed by atoms with Crippen LogP contribution in [-0.2, 0) is 10.0 Å². The number of rotatable bonds is 5. The quantitative estimate of drug-likeness (QED) is 0.581. The Morgan fingerprint density at radius 3 is 2.76 bits per heavy atom. The van der Waals surface area contributed by atoms with Crippen LogP contribution in [0.4, 0.5) is 5.69 Å². The van der Waals surface area contributed by atoms with Gasteiger partial charge in [-0.2, -0.15) is 9.57 Å². The minimum absolute atomic E-state index is 0.101. The predicted molar refractivity (Wildman–Crippen MR) is 85.2 cm³/mol. The van der Waals surface area contributed by atoms with Gasteiger partial charge in [-0.3, -0.25) is 10.1 Å². The molecule has 0 N–H and O–H groups in total. The normalized spacial score (nSPS) is 15.2. The minimum Gasteiger partial charge on any atom is -0.471 e. The van der Waals surface area contributed by atoms with Crippen molar-refractivity contribution in [3.8, 4) is 11.9 Å². The van der Waals surface area contributed by atoms with E-state index in [0.29, 0.717) is 5.56 Å². The van der Waals surface area contributed by atoms with Crippen molar-refractivity contribution in [2.45, 2.75) is 11.0 Å². The summed E-state index contributed by atoms with van der Waals surface area (Å²) < 4.78 is 31.7. The molecule has 1 fully saturated rings. The van der Waals surface area contributed by atoms with E-state index in [1.54, 1.807) is 0 Å². The molecule has 25 heavy (non-hydrogen) atoms. The second-order valence-corrected chi connectivity index (χ2v) is 7.25. The zero-order valence-electron chi connectivity index (χ0n) is 12.8. The fraction of sp³-hybridized carbons (Fsp3) is 0.200. The number of ether oxygens (including phenoxy) is 1. The van der Waals surface area contributed by atoms with E-state index < -0.39 is 21.1 Å². The molecule has 1 aliphatic heterocycles. The van der Waals surface area contributed by atoms with Crippen molar-refractivity contribution in [2.75, 3.05) is 13.1 Å². The molecule has 0 bridgehead atoms. The number of non-ortho nitro benzene ring substituents is 1. The van der Waals surface area contributed by atoms with E-state index >= 15 is 0 Å². The van der Waals surface area contributed by atoms with Gasteiger partial charge < -0.3 is 4.74 Å². The molecule has 2 heterocycles. The smallest absolute Gasteiger partial charge is 0.270 e. The molecule has 0 aliphatic carbocycles. The van der Waals surface area contributed by atoms with Crippen LogP contribution in [-0.4, -0.2) is 41.8 Å². The summed E-state index contributed by atoms with van der Waals surface area (Å²) in [5.74, 6) is 0.247. The van der Waals surface area contributed by atoms with Gasteiger partial charge >= 0.3 is 0 Å². The second kappa shape index (κ2) is 6.46. The number of aromatic nitrogens is 1. The number of nitro groups is 1. The lowest BCUT2D eigenvalue weighted by Crippen LogP contribution is -2.56. The summed E-state index contributed by atoms with van der Waals surface area (Å²) in [6, 6.07) is 9.87. The van der Waals surface area contributed by atoms with Crippen molar-refractivity contribution in [2.24, 2.45) is 0 Å². The fourth-order valence-corrected chi connectivity index (χ4v) is 3.84.